The summed E-state index contributed by atoms with van der Waals surface area (Å²) in [6.45, 7) is 4.43. The van der Waals surface area contributed by atoms with Gasteiger partial charge in [0.1, 0.15) is 0 Å². The Kier molecular flexibility index (Phi) is 5.74. The van der Waals surface area contributed by atoms with Crippen LogP contribution in [0, 0.1) is 5.92 Å². The molecule has 1 rings (SSSR count). The molecule has 15 heavy (non-hydrogen) atoms. The highest BCUT2D eigenvalue weighted by atomic mass is 14.9. The summed E-state index contributed by atoms with van der Waals surface area (Å²) in [5.74, 6) is 1.52. The van der Waals surface area contributed by atoms with E-state index < -0.39 is 0 Å². The SMILES string of the molecule is CCCCCC(C)N=C(N)C1CCCC1. The van der Waals surface area contributed by atoms with Crippen LogP contribution in [0.5, 0.6) is 0 Å². The number of aliphatic imine (C=N–C) groups is 1. The van der Waals surface area contributed by atoms with Gasteiger partial charge in [0, 0.05) is 12.0 Å². The average molecular weight is 210 g/mol. The van der Waals surface area contributed by atoms with Crippen molar-refractivity contribution < 1.29 is 0 Å². The van der Waals surface area contributed by atoms with E-state index >= 15 is 0 Å². The molecule has 0 heterocycles. The lowest BCUT2D eigenvalue weighted by atomic mass is 10.1. The lowest BCUT2D eigenvalue weighted by Crippen LogP contribution is -2.23. The molecule has 0 aliphatic heterocycles. The molecule has 1 aliphatic rings. The molecule has 0 aromatic rings. The van der Waals surface area contributed by atoms with Gasteiger partial charge in [0.15, 0.2) is 0 Å². The molecule has 88 valence electrons. The van der Waals surface area contributed by atoms with Gasteiger partial charge >= 0.3 is 0 Å². The third-order valence-electron chi connectivity index (χ3n) is 3.37. The van der Waals surface area contributed by atoms with E-state index in [4.69, 9.17) is 5.73 Å². The predicted molar refractivity (Wildman–Crippen MR) is 67.2 cm³/mol. The van der Waals surface area contributed by atoms with Crippen molar-refractivity contribution in [3.63, 3.8) is 0 Å². The molecule has 0 saturated heterocycles. The summed E-state index contributed by atoms with van der Waals surface area (Å²) in [5.41, 5.74) is 6.03. The molecule has 2 N–H and O–H groups in total. The Bertz CT molecular complexity index is 193. The van der Waals surface area contributed by atoms with E-state index in [1.54, 1.807) is 0 Å². The monoisotopic (exact) mass is 210 g/mol. The maximum absolute atomic E-state index is 6.03. The zero-order chi connectivity index (χ0) is 11.1. The fourth-order valence-corrected chi connectivity index (χ4v) is 2.34. The number of nitrogens with zero attached hydrogens (tertiary/aromatic N) is 1. The molecule has 1 saturated carbocycles. The van der Waals surface area contributed by atoms with Crippen LogP contribution in [0.3, 0.4) is 0 Å². The van der Waals surface area contributed by atoms with Crippen molar-refractivity contribution in [2.75, 3.05) is 0 Å². The lowest BCUT2D eigenvalue weighted by Gasteiger charge is -2.12. The Morgan fingerprint density at radius 2 is 2.00 bits per heavy atom. The standard InChI is InChI=1S/C13H26N2/c1-3-4-5-8-11(2)15-13(14)12-9-6-7-10-12/h11-12H,3-10H2,1-2H3,(H2,14,15). The van der Waals surface area contributed by atoms with Crippen molar-refractivity contribution in [1.82, 2.24) is 0 Å². The van der Waals surface area contributed by atoms with Gasteiger partial charge in [-0.05, 0) is 26.2 Å². The van der Waals surface area contributed by atoms with Crippen LogP contribution in [0.25, 0.3) is 0 Å². The molecule has 1 atom stereocenters. The molecular formula is C13H26N2. The topological polar surface area (TPSA) is 38.4 Å². The maximum Gasteiger partial charge on any atom is 0.0971 e. The number of amidine groups is 1. The van der Waals surface area contributed by atoms with E-state index in [0.717, 1.165) is 5.84 Å². The largest absolute Gasteiger partial charge is 0.387 e. The summed E-state index contributed by atoms with van der Waals surface area (Å²) in [6.07, 6.45) is 10.3. The average Bonchev–Trinajstić information content (AvgIpc) is 2.70. The number of hydrogen-bond donors (Lipinski definition) is 1. The quantitative estimate of drug-likeness (QED) is 0.407. The normalized spacial score (nSPS) is 20.8. The van der Waals surface area contributed by atoms with Crippen LogP contribution in [-0.2, 0) is 0 Å². The number of unbranched alkanes of at least 4 members (excludes halogenated alkanes) is 2. The molecule has 1 fully saturated rings. The minimum Gasteiger partial charge on any atom is -0.387 e. The van der Waals surface area contributed by atoms with Crippen LogP contribution >= 0.6 is 0 Å². The van der Waals surface area contributed by atoms with Crippen LogP contribution in [-0.4, -0.2) is 11.9 Å². The van der Waals surface area contributed by atoms with E-state index in [9.17, 15) is 0 Å². The van der Waals surface area contributed by atoms with Gasteiger partial charge in [-0.15, -0.1) is 0 Å². The van der Waals surface area contributed by atoms with Crippen LogP contribution in [0.1, 0.15) is 65.2 Å². The first-order valence-corrected chi connectivity index (χ1v) is 6.57. The smallest absolute Gasteiger partial charge is 0.0971 e. The summed E-state index contributed by atoms with van der Waals surface area (Å²) in [6, 6.07) is 0.428. The van der Waals surface area contributed by atoms with Gasteiger partial charge in [0.05, 0.1) is 5.84 Å². The van der Waals surface area contributed by atoms with Gasteiger partial charge in [0.25, 0.3) is 0 Å². The summed E-state index contributed by atoms with van der Waals surface area (Å²) < 4.78 is 0. The van der Waals surface area contributed by atoms with Crippen LogP contribution in [0.15, 0.2) is 4.99 Å². The van der Waals surface area contributed by atoms with Crippen molar-refractivity contribution in [2.45, 2.75) is 71.3 Å². The van der Waals surface area contributed by atoms with Crippen LogP contribution in [0.4, 0.5) is 0 Å². The van der Waals surface area contributed by atoms with Gasteiger partial charge in [-0.1, -0.05) is 39.0 Å². The summed E-state index contributed by atoms with van der Waals surface area (Å²) >= 11 is 0. The van der Waals surface area contributed by atoms with Crippen molar-refractivity contribution >= 4 is 5.84 Å². The zero-order valence-corrected chi connectivity index (χ0v) is 10.3. The minimum absolute atomic E-state index is 0.428. The summed E-state index contributed by atoms with van der Waals surface area (Å²) in [5, 5.41) is 0. The molecular weight excluding hydrogens is 184 g/mol. The van der Waals surface area contributed by atoms with E-state index in [1.165, 1.54) is 51.4 Å². The van der Waals surface area contributed by atoms with Crippen LogP contribution in [0.2, 0.25) is 0 Å². The van der Waals surface area contributed by atoms with E-state index in [0.29, 0.717) is 12.0 Å². The highest BCUT2D eigenvalue weighted by Crippen LogP contribution is 2.25. The molecule has 0 radical (unpaired) electrons. The first-order valence-electron chi connectivity index (χ1n) is 6.57. The minimum atomic E-state index is 0.428. The van der Waals surface area contributed by atoms with E-state index in [2.05, 4.69) is 18.8 Å². The van der Waals surface area contributed by atoms with Crippen molar-refractivity contribution in [2.24, 2.45) is 16.6 Å². The summed E-state index contributed by atoms with van der Waals surface area (Å²) in [4.78, 5) is 4.63. The van der Waals surface area contributed by atoms with Crippen molar-refractivity contribution in [1.29, 1.82) is 0 Å². The number of rotatable bonds is 6. The molecule has 0 amide bonds. The number of hydrogen-bond acceptors (Lipinski definition) is 1. The second kappa shape index (κ2) is 6.86. The second-order valence-electron chi connectivity index (χ2n) is 4.88. The Hall–Kier alpha value is -0.530. The van der Waals surface area contributed by atoms with Crippen LogP contribution < -0.4 is 5.73 Å². The molecule has 1 unspecified atom stereocenters. The van der Waals surface area contributed by atoms with Crippen molar-refractivity contribution in [3.8, 4) is 0 Å². The molecule has 2 nitrogen and oxygen atoms in total. The van der Waals surface area contributed by atoms with Gasteiger partial charge in [-0.25, -0.2) is 0 Å². The third-order valence-corrected chi connectivity index (χ3v) is 3.37. The van der Waals surface area contributed by atoms with E-state index in [-0.39, 0.29) is 0 Å². The fraction of sp³-hybridized carbons (Fsp3) is 0.923. The lowest BCUT2D eigenvalue weighted by molar-refractivity contribution is 0.586. The van der Waals surface area contributed by atoms with Gasteiger partial charge < -0.3 is 5.73 Å². The highest BCUT2D eigenvalue weighted by Gasteiger charge is 2.18. The summed E-state index contributed by atoms with van der Waals surface area (Å²) in [7, 11) is 0. The highest BCUT2D eigenvalue weighted by molar-refractivity contribution is 5.83. The molecule has 0 spiro atoms. The first-order chi connectivity index (χ1) is 7.24. The first kappa shape index (κ1) is 12.5. The van der Waals surface area contributed by atoms with Gasteiger partial charge in [-0.2, -0.15) is 0 Å². The zero-order valence-electron chi connectivity index (χ0n) is 10.3. The maximum atomic E-state index is 6.03. The Morgan fingerprint density at radius 1 is 1.33 bits per heavy atom. The molecule has 0 aromatic heterocycles. The fourth-order valence-electron chi connectivity index (χ4n) is 2.34. The second-order valence-corrected chi connectivity index (χ2v) is 4.88. The van der Waals surface area contributed by atoms with Gasteiger partial charge in [0.2, 0.25) is 0 Å². The predicted octanol–water partition coefficient (Wildman–Crippen LogP) is 3.50. The Balaban J connectivity index is 2.26. The number of nitrogens with two attached hydrogens (primary N) is 1. The van der Waals surface area contributed by atoms with Crippen molar-refractivity contribution in [3.05, 3.63) is 0 Å². The molecule has 1 aliphatic carbocycles. The molecule has 2 heteroatoms. The molecule has 0 bridgehead atoms. The Labute approximate surface area is 94.3 Å². The third kappa shape index (κ3) is 4.67. The van der Waals surface area contributed by atoms with Gasteiger partial charge in [-0.3, -0.25) is 4.99 Å². The van der Waals surface area contributed by atoms with E-state index in [1.807, 2.05) is 0 Å². The Morgan fingerprint density at radius 3 is 2.60 bits per heavy atom. The molecule has 0 aromatic carbocycles.